The highest BCUT2D eigenvalue weighted by molar-refractivity contribution is 5.77. The van der Waals surface area contributed by atoms with Gasteiger partial charge in [0.05, 0.1) is 13.2 Å². The van der Waals surface area contributed by atoms with Gasteiger partial charge in [0.2, 0.25) is 5.91 Å². The van der Waals surface area contributed by atoms with E-state index < -0.39 is 0 Å². The number of morpholine rings is 1. The van der Waals surface area contributed by atoms with Crippen molar-refractivity contribution in [1.29, 1.82) is 0 Å². The van der Waals surface area contributed by atoms with Gasteiger partial charge in [-0.2, -0.15) is 0 Å². The Morgan fingerprint density at radius 1 is 1.40 bits per heavy atom. The van der Waals surface area contributed by atoms with Gasteiger partial charge in [-0.1, -0.05) is 20.8 Å². The number of rotatable bonds is 3. The minimum absolute atomic E-state index is 0.183. The maximum atomic E-state index is 12.3. The lowest BCUT2D eigenvalue weighted by Crippen LogP contribution is -2.49. The first-order valence-electron chi connectivity index (χ1n) is 8.04. The number of hydrogen-bond donors (Lipinski definition) is 2. The zero-order valence-electron chi connectivity index (χ0n) is 13.0. The van der Waals surface area contributed by atoms with Gasteiger partial charge in [-0.25, -0.2) is 0 Å². The summed E-state index contributed by atoms with van der Waals surface area (Å²) in [6.07, 6.45) is 4.27. The second-order valence-electron chi connectivity index (χ2n) is 7.66. The molecule has 0 aromatic heterocycles. The molecule has 114 valence electrons. The molecule has 20 heavy (non-hydrogen) atoms. The van der Waals surface area contributed by atoms with E-state index in [-0.39, 0.29) is 17.4 Å². The van der Waals surface area contributed by atoms with Gasteiger partial charge in [-0.15, -0.1) is 0 Å². The van der Waals surface area contributed by atoms with E-state index in [9.17, 15) is 4.79 Å². The summed E-state index contributed by atoms with van der Waals surface area (Å²) < 4.78 is 5.41. The lowest BCUT2D eigenvalue weighted by Gasteiger charge is -2.39. The molecule has 4 nitrogen and oxygen atoms in total. The van der Waals surface area contributed by atoms with Gasteiger partial charge in [0.1, 0.15) is 0 Å². The van der Waals surface area contributed by atoms with E-state index >= 15 is 0 Å². The summed E-state index contributed by atoms with van der Waals surface area (Å²) in [5, 5.41) is 6.67. The third-order valence-electron chi connectivity index (χ3n) is 6.56. The highest BCUT2D eigenvalue weighted by Crippen LogP contribution is 2.65. The molecule has 3 fully saturated rings. The van der Waals surface area contributed by atoms with Crippen LogP contribution in [0.4, 0.5) is 0 Å². The normalized spacial score (nSPS) is 42.6. The fourth-order valence-corrected chi connectivity index (χ4v) is 4.65. The van der Waals surface area contributed by atoms with Crippen LogP contribution < -0.4 is 10.6 Å². The van der Waals surface area contributed by atoms with E-state index in [2.05, 4.69) is 31.4 Å². The predicted octanol–water partition coefficient (Wildman–Crippen LogP) is 1.70. The minimum Gasteiger partial charge on any atom is -0.378 e. The van der Waals surface area contributed by atoms with Crippen LogP contribution in [0.25, 0.3) is 0 Å². The zero-order valence-corrected chi connectivity index (χ0v) is 13.0. The Bertz CT molecular complexity index is 390. The molecule has 2 N–H and O–H groups in total. The van der Waals surface area contributed by atoms with Crippen molar-refractivity contribution >= 4 is 5.91 Å². The molecule has 4 unspecified atom stereocenters. The Morgan fingerprint density at radius 3 is 2.75 bits per heavy atom. The first-order chi connectivity index (χ1) is 9.43. The average Bonchev–Trinajstić information content (AvgIpc) is 2.73. The lowest BCUT2D eigenvalue weighted by atomic mass is 9.69. The van der Waals surface area contributed by atoms with Crippen molar-refractivity contribution in [3.05, 3.63) is 0 Å². The van der Waals surface area contributed by atoms with Gasteiger partial charge >= 0.3 is 0 Å². The third kappa shape index (κ3) is 2.17. The summed E-state index contributed by atoms with van der Waals surface area (Å²) in [6, 6.07) is 0.538. The Balaban J connectivity index is 1.57. The number of nitrogens with one attached hydrogen (secondary N) is 2. The summed E-state index contributed by atoms with van der Waals surface area (Å²) >= 11 is 0. The predicted molar refractivity (Wildman–Crippen MR) is 78.4 cm³/mol. The molecule has 0 aromatic rings. The summed E-state index contributed by atoms with van der Waals surface area (Å²) in [5.41, 5.74) is 0.626. The van der Waals surface area contributed by atoms with Crippen molar-refractivity contribution < 1.29 is 9.53 Å². The molecule has 2 aliphatic carbocycles. The molecule has 1 saturated heterocycles. The van der Waals surface area contributed by atoms with Crippen LogP contribution >= 0.6 is 0 Å². The molecule has 0 spiro atoms. The first kappa shape index (κ1) is 14.3. The molecule has 2 bridgehead atoms. The molecular formula is C16H28N2O2. The van der Waals surface area contributed by atoms with E-state index in [0.717, 1.165) is 25.5 Å². The fraction of sp³-hybridized carbons (Fsp3) is 0.938. The molecule has 1 amide bonds. The molecule has 0 radical (unpaired) electrons. The lowest BCUT2D eigenvalue weighted by molar-refractivity contribution is -0.124. The van der Waals surface area contributed by atoms with Crippen molar-refractivity contribution in [2.45, 2.75) is 58.5 Å². The number of amides is 1. The summed E-state index contributed by atoms with van der Waals surface area (Å²) in [6.45, 7) is 9.40. The molecule has 4 atom stereocenters. The van der Waals surface area contributed by atoms with Gasteiger partial charge in [0, 0.05) is 25.0 Å². The SMILES string of the molecule is CC1(C)C2CCC1(C)C(NC(=O)CC1COCCN1)C2. The molecule has 1 aliphatic heterocycles. The van der Waals surface area contributed by atoms with Crippen LogP contribution in [0.5, 0.6) is 0 Å². The Morgan fingerprint density at radius 2 is 2.20 bits per heavy atom. The van der Waals surface area contributed by atoms with Gasteiger partial charge in [-0.05, 0) is 36.0 Å². The maximum Gasteiger partial charge on any atom is 0.221 e. The highest BCUT2D eigenvalue weighted by atomic mass is 16.5. The van der Waals surface area contributed by atoms with Crippen molar-refractivity contribution in [3.8, 4) is 0 Å². The average molecular weight is 280 g/mol. The summed E-state index contributed by atoms with van der Waals surface area (Å²) in [4.78, 5) is 12.3. The van der Waals surface area contributed by atoms with Crippen LogP contribution in [0.1, 0.15) is 46.5 Å². The van der Waals surface area contributed by atoms with Gasteiger partial charge in [0.25, 0.3) is 0 Å². The highest BCUT2D eigenvalue weighted by Gasteiger charge is 2.61. The Hall–Kier alpha value is -0.610. The quantitative estimate of drug-likeness (QED) is 0.827. The second-order valence-corrected chi connectivity index (χ2v) is 7.66. The third-order valence-corrected chi connectivity index (χ3v) is 6.56. The standard InChI is InChI=1S/C16H28N2O2/c1-15(2)11-4-5-16(15,3)13(8-11)18-14(19)9-12-10-20-7-6-17-12/h11-13,17H,4-10H2,1-3H3,(H,18,19). The van der Waals surface area contributed by atoms with E-state index in [1.54, 1.807) is 0 Å². The second kappa shape index (κ2) is 4.99. The minimum atomic E-state index is 0.183. The van der Waals surface area contributed by atoms with Crippen LogP contribution in [0.15, 0.2) is 0 Å². The van der Waals surface area contributed by atoms with Gasteiger partial charge < -0.3 is 15.4 Å². The fourth-order valence-electron chi connectivity index (χ4n) is 4.65. The van der Waals surface area contributed by atoms with Crippen molar-refractivity contribution in [3.63, 3.8) is 0 Å². The molecule has 3 aliphatic rings. The van der Waals surface area contributed by atoms with Gasteiger partial charge in [-0.3, -0.25) is 4.79 Å². The first-order valence-corrected chi connectivity index (χ1v) is 8.04. The molecular weight excluding hydrogens is 252 g/mol. The number of carbonyl (C=O) groups excluding carboxylic acids is 1. The van der Waals surface area contributed by atoms with Crippen LogP contribution in [0.2, 0.25) is 0 Å². The molecule has 2 saturated carbocycles. The Kier molecular flexibility index (Phi) is 3.57. The Labute approximate surface area is 122 Å². The summed E-state index contributed by atoms with van der Waals surface area (Å²) in [7, 11) is 0. The number of ether oxygens (including phenoxy) is 1. The maximum absolute atomic E-state index is 12.3. The molecule has 0 aromatic carbocycles. The topological polar surface area (TPSA) is 50.4 Å². The van der Waals surface area contributed by atoms with E-state index in [1.807, 2.05) is 0 Å². The van der Waals surface area contributed by atoms with Crippen molar-refractivity contribution in [2.24, 2.45) is 16.7 Å². The van der Waals surface area contributed by atoms with Gasteiger partial charge in [0.15, 0.2) is 0 Å². The molecule has 4 heteroatoms. The number of carbonyl (C=O) groups is 1. The van der Waals surface area contributed by atoms with Crippen molar-refractivity contribution in [1.82, 2.24) is 10.6 Å². The van der Waals surface area contributed by atoms with Crippen LogP contribution in [-0.2, 0) is 9.53 Å². The van der Waals surface area contributed by atoms with Crippen LogP contribution in [0.3, 0.4) is 0 Å². The largest absolute Gasteiger partial charge is 0.378 e. The van der Waals surface area contributed by atoms with Crippen molar-refractivity contribution in [2.75, 3.05) is 19.8 Å². The van der Waals surface area contributed by atoms with E-state index in [0.29, 0.717) is 24.5 Å². The van der Waals surface area contributed by atoms with E-state index in [4.69, 9.17) is 4.74 Å². The van der Waals surface area contributed by atoms with E-state index in [1.165, 1.54) is 12.8 Å². The summed E-state index contributed by atoms with van der Waals surface area (Å²) in [5.74, 6) is 0.955. The number of fused-ring (bicyclic) bond motifs is 2. The van der Waals surface area contributed by atoms with Crippen LogP contribution in [0, 0.1) is 16.7 Å². The zero-order chi connectivity index (χ0) is 14.4. The molecule has 3 rings (SSSR count). The van der Waals surface area contributed by atoms with Crippen LogP contribution in [-0.4, -0.2) is 37.7 Å². The smallest absolute Gasteiger partial charge is 0.221 e. The monoisotopic (exact) mass is 280 g/mol. The molecule has 1 heterocycles. The number of hydrogen-bond acceptors (Lipinski definition) is 3.